The Morgan fingerprint density at radius 1 is 1.38 bits per heavy atom. The Morgan fingerprint density at radius 2 is 2.15 bits per heavy atom. The van der Waals surface area contributed by atoms with Crippen LogP contribution in [0.1, 0.15) is 5.56 Å². The van der Waals surface area contributed by atoms with Gasteiger partial charge in [-0.15, -0.1) is 0 Å². The van der Waals surface area contributed by atoms with Gasteiger partial charge in [-0.3, -0.25) is 15.1 Å². The van der Waals surface area contributed by atoms with Crippen LogP contribution in [0.2, 0.25) is 0 Å². The summed E-state index contributed by atoms with van der Waals surface area (Å²) in [5.41, 5.74) is 1.07. The van der Waals surface area contributed by atoms with Gasteiger partial charge in [0.05, 0.1) is 6.54 Å². The number of amides is 3. The lowest BCUT2D eigenvalue weighted by Crippen LogP contribution is -2.65. The van der Waals surface area contributed by atoms with Gasteiger partial charge >= 0.3 is 6.03 Å². The van der Waals surface area contributed by atoms with Crippen LogP contribution in [0.25, 0.3) is 0 Å². The highest BCUT2D eigenvalue weighted by Gasteiger charge is 2.49. The van der Waals surface area contributed by atoms with Crippen molar-refractivity contribution in [3.63, 3.8) is 0 Å². The number of benzene rings is 1. The van der Waals surface area contributed by atoms with Crippen molar-refractivity contribution in [3.05, 3.63) is 29.8 Å². The van der Waals surface area contributed by atoms with Crippen molar-refractivity contribution in [1.82, 2.24) is 20.4 Å². The molecule has 2 fully saturated rings. The van der Waals surface area contributed by atoms with Gasteiger partial charge in [-0.25, -0.2) is 4.79 Å². The number of nitrogens with zero attached hydrogens (tertiary/aromatic N) is 3. The Morgan fingerprint density at radius 3 is 2.85 bits per heavy atom. The molecule has 3 unspecified atom stereocenters. The van der Waals surface area contributed by atoms with Crippen molar-refractivity contribution in [2.24, 2.45) is 4.99 Å². The number of aliphatic hydroxyl groups excluding tert-OH is 1. The molecule has 1 aromatic carbocycles. The molecule has 0 bridgehead atoms. The van der Waals surface area contributed by atoms with Crippen molar-refractivity contribution >= 4 is 17.9 Å². The predicted molar refractivity (Wildman–Crippen MR) is 94.8 cm³/mol. The molecule has 2 saturated heterocycles. The van der Waals surface area contributed by atoms with Crippen LogP contribution in [0.4, 0.5) is 4.79 Å². The van der Waals surface area contributed by atoms with Crippen LogP contribution < -0.4 is 15.4 Å². The summed E-state index contributed by atoms with van der Waals surface area (Å²) >= 11 is 0. The number of imide groups is 1. The molecule has 0 aromatic heterocycles. The van der Waals surface area contributed by atoms with E-state index in [0.29, 0.717) is 11.7 Å². The molecule has 1 aromatic rings. The van der Waals surface area contributed by atoms with Crippen LogP contribution in [0.3, 0.4) is 0 Å². The highest BCUT2D eigenvalue weighted by molar-refractivity contribution is 6.04. The number of aryl methyl sites for hydroxylation is 1. The minimum absolute atomic E-state index is 0.0741. The summed E-state index contributed by atoms with van der Waals surface area (Å²) in [6.45, 7) is 2.18. The number of β-amino-alcohol motifs (C(OH)–C–C–N with tert-alkyl or cyclic N) is 1. The number of hydrogen-bond acceptors (Lipinski definition) is 5. The van der Waals surface area contributed by atoms with Gasteiger partial charge in [0, 0.05) is 14.1 Å². The number of aliphatic hydroxyl groups is 1. The van der Waals surface area contributed by atoms with Crippen LogP contribution in [0.5, 0.6) is 5.75 Å². The number of ether oxygens (including phenoxy) is 1. The highest BCUT2D eigenvalue weighted by atomic mass is 16.5. The van der Waals surface area contributed by atoms with Crippen molar-refractivity contribution in [3.8, 4) is 5.75 Å². The van der Waals surface area contributed by atoms with E-state index >= 15 is 0 Å². The highest BCUT2D eigenvalue weighted by Crippen LogP contribution is 2.21. The summed E-state index contributed by atoms with van der Waals surface area (Å²) < 4.78 is 5.63. The fourth-order valence-corrected chi connectivity index (χ4v) is 3.15. The molecule has 3 N–H and O–H groups in total. The molecular formula is C17H23N5O4. The van der Waals surface area contributed by atoms with Crippen molar-refractivity contribution in [1.29, 1.82) is 0 Å². The van der Waals surface area contributed by atoms with Gasteiger partial charge < -0.3 is 25.0 Å². The Balaban J connectivity index is 1.67. The summed E-state index contributed by atoms with van der Waals surface area (Å²) in [4.78, 5) is 31.3. The summed E-state index contributed by atoms with van der Waals surface area (Å²) in [7, 11) is 3.18. The third-order valence-electron chi connectivity index (χ3n) is 4.47. The Bertz CT molecular complexity index is 738. The molecule has 0 spiro atoms. The molecule has 9 heteroatoms. The minimum atomic E-state index is -0.844. The molecule has 2 aliphatic heterocycles. The van der Waals surface area contributed by atoms with Gasteiger partial charge in [0.2, 0.25) is 0 Å². The maximum absolute atomic E-state index is 12.3. The largest absolute Gasteiger partial charge is 0.491 e. The molecular weight excluding hydrogens is 338 g/mol. The van der Waals surface area contributed by atoms with Gasteiger partial charge in [-0.1, -0.05) is 12.1 Å². The van der Waals surface area contributed by atoms with E-state index in [1.54, 1.807) is 19.0 Å². The number of urea groups is 1. The Kier molecular flexibility index (Phi) is 4.99. The average molecular weight is 361 g/mol. The number of carbonyl (C=O) groups excluding carboxylic acids is 2. The first-order valence-corrected chi connectivity index (χ1v) is 8.36. The molecule has 0 saturated carbocycles. The zero-order valence-corrected chi connectivity index (χ0v) is 15.0. The number of rotatable bonds is 5. The first kappa shape index (κ1) is 18.0. The first-order chi connectivity index (χ1) is 12.4. The monoisotopic (exact) mass is 361 g/mol. The van der Waals surface area contributed by atoms with Gasteiger partial charge in [-0.2, -0.15) is 0 Å². The second-order valence-corrected chi connectivity index (χ2v) is 6.42. The van der Waals surface area contributed by atoms with Crippen LogP contribution >= 0.6 is 0 Å². The maximum atomic E-state index is 12.3. The number of carbonyl (C=O) groups is 2. The molecule has 3 amide bonds. The fraction of sp³-hybridized carbons (Fsp3) is 0.471. The number of guanidine groups is 1. The molecule has 0 aliphatic carbocycles. The van der Waals surface area contributed by atoms with Crippen LogP contribution in [0.15, 0.2) is 29.3 Å². The van der Waals surface area contributed by atoms with Crippen LogP contribution in [-0.2, 0) is 4.79 Å². The third-order valence-corrected chi connectivity index (χ3v) is 4.47. The van der Waals surface area contributed by atoms with E-state index in [1.165, 1.54) is 4.90 Å². The second kappa shape index (κ2) is 7.20. The standard InChI is InChI=1S/C17H23N5O4/c1-10-5-4-6-12(7-10)26-9-11(23)8-22-13-14(19-16(22)18-2)21(3)17(25)20-15(13)24/h4-7,11,13-14,23H,8-9H2,1-3H3,(H,18,19)(H,20,24,25). The van der Waals surface area contributed by atoms with E-state index in [1.807, 2.05) is 31.2 Å². The SMILES string of the molecule is CN=C1NC2C(C(=O)NC(=O)N2C)N1CC(O)COc1cccc(C)c1. The average Bonchev–Trinajstić information content (AvgIpc) is 2.97. The summed E-state index contributed by atoms with van der Waals surface area (Å²) in [5.74, 6) is 0.703. The minimum Gasteiger partial charge on any atom is -0.491 e. The molecule has 3 atom stereocenters. The number of fused-ring (bicyclic) bond motifs is 1. The lowest BCUT2D eigenvalue weighted by Gasteiger charge is -2.35. The predicted octanol–water partition coefficient (Wildman–Crippen LogP) is -0.498. The van der Waals surface area contributed by atoms with E-state index < -0.39 is 30.2 Å². The second-order valence-electron chi connectivity index (χ2n) is 6.42. The van der Waals surface area contributed by atoms with Crippen molar-refractivity contribution in [2.75, 3.05) is 27.2 Å². The number of nitrogens with one attached hydrogen (secondary N) is 2. The number of hydrogen-bond donors (Lipinski definition) is 3. The number of likely N-dealkylation sites (N-methyl/N-ethyl adjacent to an activating group) is 1. The van der Waals surface area contributed by atoms with Crippen molar-refractivity contribution < 1.29 is 19.4 Å². The van der Waals surface area contributed by atoms with Crippen LogP contribution in [0, 0.1) is 6.92 Å². The molecule has 140 valence electrons. The Hall–Kier alpha value is -2.81. The smallest absolute Gasteiger partial charge is 0.325 e. The fourth-order valence-electron chi connectivity index (χ4n) is 3.15. The number of aliphatic imine (C=N–C) groups is 1. The van der Waals surface area contributed by atoms with E-state index in [0.717, 1.165) is 5.56 Å². The van der Waals surface area contributed by atoms with Gasteiger partial charge in [0.1, 0.15) is 24.6 Å². The molecule has 3 rings (SSSR count). The van der Waals surface area contributed by atoms with E-state index in [4.69, 9.17) is 4.74 Å². The Labute approximate surface area is 151 Å². The normalized spacial score (nSPS) is 25.0. The van der Waals surface area contributed by atoms with Crippen molar-refractivity contribution in [2.45, 2.75) is 25.2 Å². The summed E-state index contributed by atoms with van der Waals surface area (Å²) in [5, 5.41) is 15.8. The van der Waals surface area contributed by atoms with Gasteiger partial charge in [-0.05, 0) is 24.6 Å². The van der Waals surface area contributed by atoms with Gasteiger partial charge in [0.15, 0.2) is 12.0 Å². The molecule has 2 aliphatic rings. The summed E-state index contributed by atoms with van der Waals surface area (Å²) in [6, 6.07) is 6.42. The zero-order valence-electron chi connectivity index (χ0n) is 15.0. The maximum Gasteiger partial charge on any atom is 0.325 e. The lowest BCUT2D eigenvalue weighted by molar-refractivity contribution is -0.127. The molecule has 9 nitrogen and oxygen atoms in total. The lowest BCUT2D eigenvalue weighted by atomic mass is 10.1. The summed E-state index contributed by atoms with van der Waals surface area (Å²) in [6.07, 6.45) is -1.37. The quantitative estimate of drug-likeness (QED) is 0.653. The molecule has 0 radical (unpaired) electrons. The van der Waals surface area contributed by atoms with E-state index in [2.05, 4.69) is 15.6 Å². The van der Waals surface area contributed by atoms with E-state index in [9.17, 15) is 14.7 Å². The van der Waals surface area contributed by atoms with E-state index in [-0.39, 0.29) is 13.2 Å². The van der Waals surface area contributed by atoms with Gasteiger partial charge in [0.25, 0.3) is 5.91 Å². The first-order valence-electron chi connectivity index (χ1n) is 8.36. The van der Waals surface area contributed by atoms with Crippen LogP contribution in [-0.4, -0.2) is 78.4 Å². The zero-order chi connectivity index (χ0) is 18.8. The molecule has 26 heavy (non-hydrogen) atoms. The topological polar surface area (TPSA) is 106 Å². The third kappa shape index (κ3) is 3.43. The molecule has 2 heterocycles.